The molecule has 3 heterocycles. The Bertz CT molecular complexity index is 387. The van der Waals surface area contributed by atoms with Crippen LogP contribution in [0.2, 0.25) is 0 Å². The number of aryl methyl sites for hydroxylation is 1. The smallest absolute Gasteiger partial charge is 0.257 e. The highest BCUT2D eigenvalue weighted by atomic mass is 16.3. The fourth-order valence-electron chi connectivity index (χ4n) is 2.39. The second kappa shape index (κ2) is 3.10. The number of furan rings is 1. The first-order chi connectivity index (χ1) is 7.25. The molecule has 2 atom stereocenters. The average Bonchev–Trinajstić information content (AvgIpc) is 2.72. The van der Waals surface area contributed by atoms with E-state index in [9.17, 15) is 4.79 Å². The topological polar surface area (TPSA) is 45.5 Å². The van der Waals surface area contributed by atoms with Crippen molar-refractivity contribution < 1.29 is 9.21 Å². The van der Waals surface area contributed by atoms with E-state index < -0.39 is 0 Å². The third-order valence-electron chi connectivity index (χ3n) is 3.46. The van der Waals surface area contributed by atoms with E-state index in [0.29, 0.717) is 23.3 Å². The Morgan fingerprint density at radius 1 is 1.60 bits per heavy atom. The van der Waals surface area contributed by atoms with Crippen molar-refractivity contribution in [1.82, 2.24) is 10.2 Å². The number of likely N-dealkylation sites (tertiary alicyclic amines) is 1. The fraction of sp³-hybridized carbons (Fsp3) is 0.545. The van der Waals surface area contributed by atoms with E-state index in [1.807, 2.05) is 11.8 Å². The largest absolute Gasteiger partial charge is 0.469 e. The molecule has 15 heavy (non-hydrogen) atoms. The van der Waals surface area contributed by atoms with Crippen LogP contribution in [-0.4, -0.2) is 36.5 Å². The summed E-state index contributed by atoms with van der Waals surface area (Å²) in [6.07, 6.45) is 1.57. The van der Waals surface area contributed by atoms with Crippen LogP contribution in [0.5, 0.6) is 0 Å². The van der Waals surface area contributed by atoms with E-state index in [4.69, 9.17) is 4.42 Å². The second-order valence-corrected chi connectivity index (χ2v) is 4.38. The molecule has 2 saturated heterocycles. The van der Waals surface area contributed by atoms with Gasteiger partial charge in [0.25, 0.3) is 5.91 Å². The number of nitrogens with zero attached hydrogens (tertiary/aromatic N) is 1. The Balaban J connectivity index is 1.78. The summed E-state index contributed by atoms with van der Waals surface area (Å²) in [7, 11) is 0. The third kappa shape index (κ3) is 1.28. The molecule has 1 amide bonds. The lowest BCUT2D eigenvalue weighted by molar-refractivity contribution is 0.0787. The maximum atomic E-state index is 12.1. The maximum Gasteiger partial charge on any atom is 0.257 e. The monoisotopic (exact) mass is 206 g/mol. The Labute approximate surface area is 88.2 Å². The zero-order valence-corrected chi connectivity index (χ0v) is 8.69. The molecular formula is C11H14N2O2. The van der Waals surface area contributed by atoms with Crippen molar-refractivity contribution in [2.75, 3.05) is 19.6 Å². The minimum Gasteiger partial charge on any atom is -0.469 e. The molecular weight excluding hydrogens is 192 g/mol. The quantitative estimate of drug-likeness (QED) is 0.733. The van der Waals surface area contributed by atoms with Crippen molar-refractivity contribution >= 4 is 5.91 Å². The number of carbonyl (C=O) groups excluding carboxylic acids is 1. The van der Waals surface area contributed by atoms with Crippen LogP contribution in [0.25, 0.3) is 0 Å². The normalized spacial score (nSPS) is 28.7. The van der Waals surface area contributed by atoms with Gasteiger partial charge in [0.2, 0.25) is 0 Å². The molecule has 0 saturated carbocycles. The van der Waals surface area contributed by atoms with Crippen molar-refractivity contribution in [3.05, 3.63) is 23.7 Å². The van der Waals surface area contributed by atoms with E-state index in [1.165, 1.54) is 0 Å². The predicted octanol–water partition coefficient (Wildman–Crippen LogP) is 0.632. The lowest BCUT2D eigenvalue weighted by atomic mass is 9.96. The highest BCUT2D eigenvalue weighted by Gasteiger charge is 2.41. The summed E-state index contributed by atoms with van der Waals surface area (Å²) in [6, 6.07) is 2.28. The number of fused-ring (bicyclic) bond motifs is 1. The van der Waals surface area contributed by atoms with Crippen LogP contribution in [0.1, 0.15) is 16.1 Å². The van der Waals surface area contributed by atoms with Crippen LogP contribution in [-0.2, 0) is 0 Å². The summed E-state index contributed by atoms with van der Waals surface area (Å²) >= 11 is 0. The van der Waals surface area contributed by atoms with Crippen molar-refractivity contribution in [3.8, 4) is 0 Å². The summed E-state index contributed by atoms with van der Waals surface area (Å²) in [5.74, 6) is 1.49. The molecule has 4 heteroatoms. The molecule has 2 unspecified atom stereocenters. The Kier molecular flexibility index (Phi) is 1.85. The molecule has 0 aromatic carbocycles. The molecule has 1 N–H and O–H groups in total. The summed E-state index contributed by atoms with van der Waals surface area (Å²) in [4.78, 5) is 14.0. The minimum atomic E-state index is 0.109. The molecule has 1 aromatic rings. The average molecular weight is 206 g/mol. The number of hydrogen-bond acceptors (Lipinski definition) is 3. The van der Waals surface area contributed by atoms with Crippen LogP contribution in [0, 0.1) is 12.8 Å². The van der Waals surface area contributed by atoms with Crippen molar-refractivity contribution in [1.29, 1.82) is 0 Å². The molecule has 0 spiro atoms. The van der Waals surface area contributed by atoms with E-state index >= 15 is 0 Å². The van der Waals surface area contributed by atoms with Gasteiger partial charge in [-0.3, -0.25) is 4.79 Å². The summed E-state index contributed by atoms with van der Waals surface area (Å²) in [5.41, 5.74) is 0.705. The van der Waals surface area contributed by atoms with Crippen molar-refractivity contribution in [2.24, 2.45) is 5.92 Å². The molecule has 3 rings (SSSR count). The fourth-order valence-corrected chi connectivity index (χ4v) is 2.39. The van der Waals surface area contributed by atoms with Gasteiger partial charge in [-0.2, -0.15) is 0 Å². The minimum absolute atomic E-state index is 0.109. The van der Waals surface area contributed by atoms with Crippen LogP contribution in [0.15, 0.2) is 16.7 Å². The van der Waals surface area contributed by atoms with Crippen LogP contribution < -0.4 is 5.32 Å². The van der Waals surface area contributed by atoms with Gasteiger partial charge >= 0.3 is 0 Å². The van der Waals surface area contributed by atoms with Crippen LogP contribution >= 0.6 is 0 Å². The SMILES string of the molecule is Cc1occc1C(=O)N1CC2CNC2C1. The molecule has 4 nitrogen and oxygen atoms in total. The molecule has 2 aliphatic heterocycles. The zero-order valence-electron chi connectivity index (χ0n) is 8.69. The first-order valence-electron chi connectivity index (χ1n) is 5.32. The van der Waals surface area contributed by atoms with Gasteiger partial charge in [0.1, 0.15) is 5.76 Å². The Morgan fingerprint density at radius 2 is 2.47 bits per heavy atom. The number of hydrogen-bond donors (Lipinski definition) is 1. The molecule has 2 fully saturated rings. The lowest BCUT2D eigenvalue weighted by Gasteiger charge is -2.29. The zero-order chi connectivity index (χ0) is 10.4. The molecule has 1 aromatic heterocycles. The number of carbonyl (C=O) groups is 1. The molecule has 0 bridgehead atoms. The first-order valence-corrected chi connectivity index (χ1v) is 5.32. The summed E-state index contributed by atoms with van der Waals surface area (Å²) in [6.45, 7) is 4.62. The molecule has 80 valence electrons. The number of rotatable bonds is 1. The first kappa shape index (κ1) is 8.97. The number of amides is 1. The van der Waals surface area contributed by atoms with Gasteiger partial charge in [0, 0.05) is 31.6 Å². The molecule has 0 radical (unpaired) electrons. The van der Waals surface area contributed by atoms with Gasteiger partial charge in [-0.25, -0.2) is 0 Å². The van der Waals surface area contributed by atoms with Gasteiger partial charge in [-0.15, -0.1) is 0 Å². The number of nitrogens with one attached hydrogen (secondary N) is 1. The third-order valence-corrected chi connectivity index (χ3v) is 3.46. The van der Waals surface area contributed by atoms with E-state index in [0.717, 1.165) is 19.6 Å². The van der Waals surface area contributed by atoms with E-state index in [2.05, 4.69) is 5.32 Å². The maximum absolute atomic E-state index is 12.1. The molecule has 0 aliphatic carbocycles. The highest BCUT2D eigenvalue weighted by Crippen LogP contribution is 2.25. The van der Waals surface area contributed by atoms with E-state index in [1.54, 1.807) is 12.3 Å². The highest BCUT2D eigenvalue weighted by molar-refractivity contribution is 5.95. The van der Waals surface area contributed by atoms with Crippen molar-refractivity contribution in [2.45, 2.75) is 13.0 Å². The summed E-state index contributed by atoms with van der Waals surface area (Å²) in [5, 5.41) is 3.33. The summed E-state index contributed by atoms with van der Waals surface area (Å²) < 4.78 is 5.15. The second-order valence-electron chi connectivity index (χ2n) is 4.38. The van der Waals surface area contributed by atoms with Gasteiger partial charge in [0.15, 0.2) is 0 Å². The van der Waals surface area contributed by atoms with Crippen molar-refractivity contribution in [3.63, 3.8) is 0 Å². The Hall–Kier alpha value is -1.29. The van der Waals surface area contributed by atoms with Gasteiger partial charge < -0.3 is 14.6 Å². The van der Waals surface area contributed by atoms with Crippen LogP contribution in [0.3, 0.4) is 0 Å². The molecule has 2 aliphatic rings. The van der Waals surface area contributed by atoms with Gasteiger partial charge in [-0.05, 0) is 13.0 Å². The van der Waals surface area contributed by atoms with Gasteiger partial charge in [0.05, 0.1) is 11.8 Å². The predicted molar refractivity (Wildman–Crippen MR) is 54.6 cm³/mol. The lowest BCUT2D eigenvalue weighted by Crippen LogP contribution is -2.51. The van der Waals surface area contributed by atoms with E-state index in [-0.39, 0.29) is 5.91 Å². The Morgan fingerprint density at radius 3 is 2.93 bits per heavy atom. The van der Waals surface area contributed by atoms with Gasteiger partial charge in [-0.1, -0.05) is 0 Å². The standard InChI is InChI=1S/C11H14N2O2/c1-7-9(2-3-15-7)11(14)13-5-8-4-12-10(8)6-13/h2-3,8,10,12H,4-6H2,1H3. The van der Waals surface area contributed by atoms with Crippen LogP contribution in [0.4, 0.5) is 0 Å².